The number of ether oxygens (including phenoxy) is 3. The van der Waals surface area contributed by atoms with Crippen LogP contribution in [0.4, 0.5) is 0 Å². The van der Waals surface area contributed by atoms with Crippen molar-refractivity contribution < 1.29 is 14.2 Å². The van der Waals surface area contributed by atoms with Gasteiger partial charge in [-0.05, 0) is 24.3 Å². The van der Waals surface area contributed by atoms with E-state index in [0.29, 0.717) is 34.7 Å². The van der Waals surface area contributed by atoms with Gasteiger partial charge in [0, 0.05) is 0 Å². The van der Waals surface area contributed by atoms with Gasteiger partial charge in [0.05, 0.1) is 38.0 Å². The fourth-order valence-electron chi connectivity index (χ4n) is 2.47. The van der Waals surface area contributed by atoms with E-state index in [1.165, 1.54) is 10.9 Å². The molecule has 0 saturated carbocycles. The summed E-state index contributed by atoms with van der Waals surface area (Å²) < 4.78 is 17.9. The third-order valence-electron chi connectivity index (χ3n) is 3.69. The number of benzene rings is 2. The van der Waals surface area contributed by atoms with Crippen molar-refractivity contribution in [3.8, 4) is 17.2 Å². The molecular weight excluding hydrogens is 308 g/mol. The molecule has 0 saturated heterocycles. The van der Waals surface area contributed by atoms with E-state index in [1.807, 2.05) is 24.3 Å². The summed E-state index contributed by atoms with van der Waals surface area (Å²) in [6.07, 6.45) is 1.54. The Morgan fingerprint density at radius 3 is 2.42 bits per heavy atom. The van der Waals surface area contributed by atoms with Gasteiger partial charge in [-0.3, -0.25) is 9.36 Å². The third-order valence-corrected chi connectivity index (χ3v) is 3.69. The summed E-state index contributed by atoms with van der Waals surface area (Å²) in [4.78, 5) is 16.7. The minimum Gasteiger partial charge on any atom is -0.493 e. The maximum atomic E-state index is 12.4. The molecular formula is C18H18N2O4. The lowest BCUT2D eigenvalue weighted by Gasteiger charge is -2.14. The zero-order valence-corrected chi connectivity index (χ0v) is 13.6. The van der Waals surface area contributed by atoms with Crippen LogP contribution in [-0.2, 0) is 6.54 Å². The van der Waals surface area contributed by atoms with Gasteiger partial charge in [0.15, 0.2) is 11.5 Å². The molecule has 3 aromatic rings. The predicted molar refractivity (Wildman–Crippen MR) is 91.0 cm³/mol. The van der Waals surface area contributed by atoms with Gasteiger partial charge < -0.3 is 14.2 Å². The van der Waals surface area contributed by atoms with Crippen molar-refractivity contribution in [3.05, 3.63) is 59.1 Å². The van der Waals surface area contributed by atoms with Crippen LogP contribution < -0.4 is 19.8 Å². The molecule has 0 N–H and O–H groups in total. The average molecular weight is 326 g/mol. The smallest absolute Gasteiger partial charge is 0.261 e. The second kappa shape index (κ2) is 7.04. The van der Waals surface area contributed by atoms with Gasteiger partial charge in [0.25, 0.3) is 5.56 Å². The normalized spacial score (nSPS) is 10.6. The Labute approximate surface area is 139 Å². The van der Waals surface area contributed by atoms with Crippen molar-refractivity contribution in [3.63, 3.8) is 0 Å². The van der Waals surface area contributed by atoms with Crippen molar-refractivity contribution in [2.75, 3.05) is 20.8 Å². The lowest BCUT2D eigenvalue weighted by atomic mass is 10.2. The lowest BCUT2D eigenvalue weighted by Crippen LogP contribution is -2.23. The summed E-state index contributed by atoms with van der Waals surface area (Å²) >= 11 is 0. The van der Waals surface area contributed by atoms with E-state index in [4.69, 9.17) is 14.2 Å². The van der Waals surface area contributed by atoms with Crippen LogP contribution in [-0.4, -0.2) is 30.4 Å². The fraction of sp³-hybridized carbons (Fsp3) is 0.222. The highest BCUT2D eigenvalue weighted by atomic mass is 16.5. The van der Waals surface area contributed by atoms with Gasteiger partial charge in [0.2, 0.25) is 5.75 Å². The highest BCUT2D eigenvalue weighted by molar-refractivity contribution is 5.76. The van der Waals surface area contributed by atoms with Crippen molar-refractivity contribution >= 4 is 10.9 Å². The molecule has 0 aliphatic rings. The summed E-state index contributed by atoms with van der Waals surface area (Å²) in [5, 5.41) is 0.592. The summed E-state index contributed by atoms with van der Waals surface area (Å²) in [5.41, 5.74) is 0.599. The van der Waals surface area contributed by atoms with E-state index in [-0.39, 0.29) is 12.2 Å². The molecule has 6 heteroatoms. The third kappa shape index (κ3) is 3.03. The van der Waals surface area contributed by atoms with Gasteiger partial charge >= 0.3 is 0 Å². The van der Waals surface area contributed by atoms with E-state index >= 15 is 0 Å². The highest BCUT2D eigenvalue weighted by Gasteiger charge is 2.11. The first-order valence-electron chi connectivity index (χ1n) is 7.52. The van der Waals surface area contributed by atoms with E-state index in [1.54, 1.807) is 32.4 Å². The second-order valence-corrected chi connectivity index (χ2v) is 5.10. The number of hydrogen-bond acceptors (Lipinski definition) is 5. The molecule has 0 bridgehead atoms. The van der Waals surface area contributed by atoms with Crippen LogP contribution in [0.15, 0.2) is 53.6 Å². The van der Waals surface area contributed by atoms with Gasteiger partial charge in [-0.25, -0.2) is 4.98 Å². The molecule has 0 atom stereocenters. The number of aromatic nitrogens is 2. The van der Waals surface area contributed by atoms with E-state index in [9.17, 15) is 4.79 Å². The fourth-order valence-corrected chi connectivity index (χ4v) is 2.47. The first-order valence-corrected chi connectivity index (χ1v) is 7.52. The van der Waals surface area contributed by atoms with Gasteiger partial charge in [-0.15, -0.1) is 0 Å². The van der Waals surface area contributed by atoms with Crippen LogP contribution in [0.25, 0.3) is 10.9 Å². The molecule has 0 fully saturated rings. The SMILES string of the molecule is COc1cccc(OC)c1OCCn1cnc2ccccc2c1=O. The topological polar surface area (TPSA) is 62.6 Å². The number of fused-ring (bicyclic) bond motifs is 1. The van der Waals surface area contributed by atoms with Gasteiger partial charge in [-0.2, -0.15) is 0 Å². The molecule has 0 radical (unpaired) electrons. The molecule has 0 aliphatic carbocycles. The Hall–Kier alpha value is -3.02. The second-order valence-electron chi connectivity index (χ2n) is 5.10. The highest BCUT2D eigenvalue weighted by Crippen LogP contribution is 2.36. The predicted octanol–water partition coefficient (Wildman–Crippen LogP) is 2.49. The maximum Gasteiger partial charge on any atom is 0.261 e. The summed E-state index contributed by atoms with van der Waals surface area (Å²) in [6.45, 7) is 0.661. The number of para-hydroxylation sites is 2. The molecule has 3 rings (SSSR count). The Balaban J connectivity index is 1.78. The first-order chi connectivity index (χ1) is 11.7. The van der Waals surface area contributed by atoms with E-state index in [2.05, 4.69) is 4.98 Å². The average Bonchev–Trinajstić information content (AvgIpc) is 2.63. The minimum absolute atomic E-state index is 0.0869. The summed E-state index contributed by atoms with van der Waals surface area (Å²) in [6, 6.07) is 12.7. The minimum atomic E-state index is -0.0869. The van der Waals surface area contributed by atoms with Crippen molar-refractivity contribution in [2.24, 2.45) is 0 Å². The standard InChI is InChI=1S/C18H18N2O4/c1-22-15-8-5-9-16(23-2)17(15)24-11-10-20-12-19-14-7-4-3-6-13(14)18(20)21/h3-9,12H,10-11H2,1-2H3. The molecule has 0 unspecified atom stereocenters. The molecule has 1 aromatic heterocycles. The summed E-state index contributed by atoms with van der Waals surface area (Å²) in [7, 11) is 3.14. The molecule has 2 aromatic carbocycles. The van der Waals surface area contributed by atoms with E-state index < -0.39 is 0 Å². The van der Waals surface area contributed by atoms with Crippen molar-refractivity contribution in [1.82, 2.24) is 9.55 Å². The monoisotopic (exact) mass is 326 g/mol. The van der Waals surface area contributed by atoms with Crippen LogP contribution >= 0.6 is 0 Å². The zero-order chi connectivity index (χ0) is 16.9. The molecule has 1 heterocycles. The van der Waals surface area contributed by atoms with Crippen molar-refractivity contribution in [2.45, 2.75) is 6.54 Å². The number of hydrogen-bond donors (Lipinski definition) is 0. The first kappa shape index (κ1) is 15.9. The quantitative estimate of drug-likeness (QED) is 0.696. The van der Waals surface area contributed by atoms with Gasteiger partial charge in [-0.1, -0.05) is 18.2 Å². The Bertz CT molecular complexity index is 883. The van der Waals surface area contributed by atoms with Crippen LogP contribution in [0.2, 0.25) is 0 Å². The number of nitrogens with zero attached hydrogens (tertiary/aromatic N) is 2. The largest absolute Gasteiger partial charge is 0.493 e. The zero-order valence-electron chi connectivity index (χ0n) is 13.6. The van der Waals surface area contributed by atoms with Crippen LogP contribution in [0, 0.1) is 0 Å². The molecule has 0 aliphatic heterocycles. The summed E-state index contributed by atoms with van der Waals surface area (Å²) in [5.74, 6) is 1.68. The van der Waals surface area contributed by atoms with Crippen LogP contribution in [0.5, 0.6) is 17.2 Å². The Morgan fingerprint density at radius 2 is 1.71 bits per heavy atom. The molecule has 6 nitrogen and oxygen atoms in total. The molecule has 0 amide bonds. The van der Waals surface area contributed by atoms with Crippen LogP contribution in [0.3, 0.4) is 0 Å². The van der Waals surface area contributed by atoms with Crippen molar-refractivity contribution in [1.29, 1.82) is 0 Å². The number of methoxy groups -OCH3 is 2. The van der Waals surface area contributed by atoms with Gasteiger partial charge in [0.1, 0.15) is 6.61 Å². The Kier molecular flexibility index (Phi) is 4.65. The molecule has 24 heavy (non-hydrogen) atoms. The molecule has 124 valence electrons. The van der Waals surface area contributed by atoms with E-state index in [0.717, 1.165) is 0 Å². The Morgan fingerprint density at radius 1 is 1.00 bits per heavy atom. The molecule has 0 spiro atoms. The van der Waals surface area contributed by atoms with Crippen LogP contribution in [0.1, 0.15) is 0 Å². The number of rotatable bonds is 6. The maximum absolute atomic E-state index is 12.4. The lowest BCUT2D eigenvalue weighted by molar-refractivity contribution is 0.261.